The van der Waals surface area contributed by atoms with Crippen molar-refractivity contribution in [2.75, 3.05) is 0 Å². The molecular formula is C14H15BrO. The fourth-order valence-electron chi connectivity index (χ4n) is 1.85. The summed E-state index contributed by atoms with van der Waals surface area (Å²) in [6.07, 6.45) is 4.09. The Hall–Kier alpha value is -1.02. The van der Waals surface area contributed by atoms with Crippen molar-refractivity contribution in [2.24, 2.45) is 0 Å². The predicted octanol–water partition coefficient (Wildman–Crippen LogP) is 3.54. The Bertz CT molecular complexity index is 607. The van der Waals surface area contributed by atoms with Gasteiger partial charge in [0.2, 0.25) is 0 Å². The van der Waals surface area contributed by atoms with E-state index in [0.29, 0.717) is 0 Å². The van der Waals surface area contributed by atoms with Gasteiger partial charge >= 0.3 is 0 Å². The van der Waals surface area contributed by atoms with E-state index in [2.05, 4.69) is 41.9 Å². The molecule has 1 aromatic carbocycles. The zero-order valence-corrected chi connectivity index (χ0v) is 11.2. The number of para-hydroxylation sites is 1. The summed E-state index contributed by atoms with van der Waals surface area (Å²) in [4.78, 5) is 0. The van der Waals surface area contributed by atoms with E-state index in [1.165, 1.54) is 15.1 Å². The molecule has 1 heterocycles. The molecular weight excluding hydrogens is 264 g/mol. The van der Waals surface area contributed by atoms with Crippen LogP contribution in [0.15, 0.2) is 28.7 Å². The first-order valence-corrected chi connectivity index (χ1v) is 6.43. The maximum absolute atomic E-state index is 5.86. The molecule has 0 atom stereocenters. The molecule has 0 N–H and O–H groups in total. The molecule has 2 rings (SSSR count). The number of benzene rings is 1. The molecule has 0 saturated heterocycles. The monoisotopic (exact) mass is 278 g/mol. The summed E-state index contributed by atoms with van der Waals surface area (Å²) in [7, 11) is 0. The first-order valence-electron chi connectivity index (χ1n) is 5.64. The van der Waals surface area contributed by atoms with E-state index in [-0.39, 0.29) is 0 Å². The van der Waals surface area contributed by atoms with Gasteiger partial charge in [0.25, 0.3) is 0 Å². The zero-order chi connectivity index (χ0) is 11.5. The van der Waals surface area contributed by atoms with Gasteiger partial charge in [0.05, 0.1) is 0 Å². The van der Waals surface area contributed by atoms with Crippen LogP contribution in [0.25, 0.3) is 21.5 Å². The van der Waals surface area contributed by atoms with Crippen molar-refractivity contribution < 1.29 is 4.42 Å². The normalized spacial score (nSPS) is 14.6. The van der Waals surface area contributed by atoms with E-state index < -0.39 is 0 Å². The fourth-order valence-corrected chi connectivity index (χ4v) is 2.26. The molecule has 1 nitrogen and oxygen atoms in total. The molecule has 0 fully saturated rings. The second-order valence-corrected chi connectivity index (χ2v) is 4.67. The van der Waals surface area contributed by atoms with Gasteiger partial charge in [0.15, 0.2) is 0 Å². The average molecular weight is 279 g/mol. The van der Waals surface area contributed by atoms with Crippen LogP contribution in [0.4, 0.5) is 0 Å². The summed E-state index contributed by atoms with van der Waals surface area (Å²) in [5.41, 5.74) is 1.94. The average Bonchev–Trinajstić information content (AvgIpc) is 2.66. The summed E-state index contributed by atoms with van der Waals surface area (Å²) >= 11 is 3.64. The van der Waals surface area contributed by atoms with Crippen molar-refractivity contribution in [1.82, 2.24) is 0 Å². The summed E-state index contributed by atoms with van der Waals surface area (Å²) in [5.74, 6) is 0. The van der Waals surface area contributed by atoms with Crippen molar-refractivity contribution in [3.8, 4) is 0 Å². The van der Waals surface area contributed by atoms with Crippen molar-refractivity contribution >= 4 is 37.5 Å². The van der Waals surface area contributed by atoms with Crippen LogP contribution in [-0.2, 0) is 0 Å². The Balaban J connectivity index is 2.97. The second-order valence-electron chi connectivity index (χ2n) is 3.71. The molecule has 0 amide bonds. The standard InChI is InChI=1S/C14H15BrO/c1-3-7-13-14(11(15)4-2)10-8-5-6-9-12(10)16-13/h5-9H,3-4H2,1-2H3/b13-7+,14-11+. The quantitative estimate of drug-likeness (QED) is 0.819. The van der Waals surface area contributed by atoms with Gasteiger partial charge in [-0.15, -0.1) is 0 Å². The van der Waals surface area contributed by atoms with Crippen molar-refractivity contribution in [2.45, 2.75) is 26.7 Å². The Morgan fingerprint density at radius 3 is 2.75 bits per heavy atom. The van der Waals surface area contributed by atoms with Gasteiger partial charge in [-0.1, -0.05) is 48.0 Å². The van der Waals surface area contributed by atoms with E-state index >= 15 is 0 Å². The highest BCUT2D eigenvalue weighted by Crippen LogP contribution is 2.13. The first kappa shape index (κ1) is 11.5. The number of rotatable bonds is 2. The minimum Gasteiger partial charge on any atom is -0.456 e. The second kappa shape index (κ2) is 4.88. The van der Waals surface area contributed by atoms with E-state index in [1.54, 1.807) is 0 Å². The minimum absolute atomic E-state index is 0.961. The lowest BCUT2D eigenvalue weighted by molar-refractivity contribution is 0.573. The molecule has 0 aliphatic rings. The third-order valence-electron chi connectivity index (χ3n) is 2.59. The molecule has 0 spiro atoms. The maximum atomic E-state index is 5.86. The third-order valence-corrected chi connectivity index (χ3v) is 3.55. The smallest absolute Gasteiger partial charge is 0.135 e. The topological polar surface area (TPSA) is 13.1 Å². The SMILES string of the molecule is CC/C=c1/oc2ccccc2/c1=C(\Br)CC. The Morgan fingerprint density at radius 2 is 2.06 bits per heavy atom. The van der Waals surface area contributed by atoms with Crippen LogP contribution in [0, 0.1) is 0 Å². The molecule has 16 heavy (non-hydrogen) atoms. The van der Waals surface area contributed by atoms with Crippen molar-refractivity contribution in [3.63, 3.8) is 0 Å². The van der Waals surface area contributed by atoms with E-state index in [4.69, 9.17) is 4.42 Å². The highest BCUT2D eigenvalue weighted by molar-refractivity contribution is 9.14. The predicted molar refractivity (Wildman–Crippen MR) is 72.8 cm³/mol. The number of hydrogen-bond acceptors (Lipinski definition) is 1. The van der Waals surface area contributed by atoms with Crippen LogP contribution >= 0.6 is 15.9 Å². The number of fused-ring (bicyclic) bond motifs is 1. The van der Waals surface area contributed by atoms with Gasteiger partial charge in [-0.2, -0.15) is 0 Å². The number of halogens is 1. The zero-order valence-electron chi connectivity index (χ0n) is 9.59. The van der Waals surface area contributed by atoms with Crippen molar-refractivity contribution in [1.29, 1.82) is 0 Å². The van der Waals surface area contributed by atoms with E-state index in [1.807, 2.05) is 18.2 Å². The van der Waals surface area contributed by atoms with Crippen LogP contribution in [-0.4, -0.2) is 0 Å². The molecule has 2 aromatic rings. The number of hydrogen-bond donors (Lipinski definition) is 0. The molecule has 0 aliphatic heterocycles. The van der Waals surface area contributed by atoms with Gasteiger partial charge in [-0.05, 0) is 25.0 Å². The van der Waals surface area contributed by atoms with Crippen LogP contribution in [0.5, 0.6) is 0 Å². The van der Waals surface area contributed by atoms with Gasteiger partial charge in [0, 0.05) is 15.1 Å². The van der Waals surface area contributed by atoms with E-state index in [9.17, 15) is 0 Å². The first-order chi connectivity index (χ1) is 7.77. The molecule has 1 aromatic heterocycles. The van der Waals surface area contributed by atoms with Gasteiger partial charge < -0.3 is 4.42 Å². The summed E-state index contributed by atoms with van der Waals surface area (Å²) in [6, 6.07) is 8.18. The van der Waals surface area contributed by atoms with Crippen LogP contribution in [0.2, 0.25) is 0 Å². The van der Waals surface area contributed by atoms with Crippen LogP contribution in [0.3, 0.4) is 0 Å². The van der Waals surface area contributed by atoms with Crippen LogP contribution in [0.1, 0.15) is 26.7 Å². The molecule has 0 aliphatic carbocycles. The summed E-state index contributed by atoms with van der Waals surface area (Å²) in [5, 5.41) is 2.40. The Morgan fingerprint density at radius 1 is 1.31 bits per heavy atom. The molecule has 0 unspecified atom stereocenters. The summed E-state index contributed by atoms with van der Waals surface area (Å²) in [6.45, 7) is 4.26. The highest BCUT2D eigenvalue weighted by atomic mass is 79.9. The lowest BCUT2D eigenvalue weighted by atomic mass is 10.2. The lowest BCUT2D eigenvalue weighted by Crippen LogP contribution is -2.21. The van der Waals surface area contributed by atoms with Crippen molar-refractivity contribution in [3.05, 3.63) is 34.9 Å². The Kier molecular flexibility index (Phi) is 3.49. The molecule has 2 heteroatoms. The van der Waals surface area contributed by atoms with Gasteiger partial charge in [-0.3, -0.25) is 0 Å². The Labute approximate surface area is 104 Å². The highest BCUT2D eigenvalue weighted by Gasteiger charge is 2.04. The molecule has 0 saturated carbocycles. The molecule has 0 radical (unpaired) electrons. The lowest BCUT2D eigenvalue weighted by Gasteiger charge is -1.90. The molecule has 0 bridgehead atoms. The molecule has 84 valence electrons. The van der Waals surface area contributed by atoms with E-state index in [0.717, 1.165) is 23.8 Å². The maximum Gasteiger partial charge on any atom is 0.135 e. The van der Waals surface area contributed by atoms with Gasteiger partial charge in [-0.25, -0.2) is 0 Å². The number of furan rings is 1. The minimum atomic E-state index is 0.961. The van der Waals surface area contributed by atoms with Gasteiger partial charge in [0.1, 0.15) is 11.0 Å². The summed E-state index contributed by atoms with van der Waals surface area (Å²) < 4.78 is 7.06. The third kappa shape index (κ3) is 1.94. The largest absolute Gasteiger partial charge is 0.456 e. The fraction of sp³-hybridized carbons (Fsp3) is 0.286. The van der Waals surface area contributed by atoms with Crippen LogP contribution < -0.4 is 10.6 Å².